The van der Waals surface area contributed by atoms with Crippen molar-refractivity contribution in [3.8, 4) is 5.75 Å². The molecule has 27 heavy (non-hydrogen) atoms. The third-order valence-corrected chi connectivity index (χ3v) is 7.44. The molecule has 0 spiro atoms. The molecule has 2 aliphatic rings. The van der Waals surface area contributed by atoms with Crippen molar-refractivity contribution in [3.05, 3.63) is 18.2 Å². The molecule has 1 N–H and O–H groups in total. The number of fused-ring (bicyclic) bond motifs is 2. The highest BCUT2D eigenvalue weighted by molar-refractivity contribution is 7.89. The van der Waals surface area contributed by atoms with E-state index in [9.17, 15) is 18.0 Å². The standard InChI is InChI=1S/C19H26N2O5S/c1-21(2)27(24,25)15-7-8-17(26-3)16(11-15)20-19(23)14-9-12-5-4-6-13(10-14)18(12)22/h7-8,11-14H,4-6,9-10H2,1-3H3,(H,20,23). The first kappa shape index (κ1) is 19.8. The Labute approximate surface area is 160 Å². The van der Waals surface area contributed by atoms with Gasteiger partial charge in [0.15, 0.2) is 0 Å². The third kappa shape index (κ3) is 3.87. The minimum absolute atomic E-state index is 0.0180. The fraction of sp³-hybridized carbons (Fsp3) is 0.579. The predicted molar refractivity (Wildman–Crippen MR) is 101 cm³/mol. The van der Waals surface area contributed by atoms with Crippen LogP contribution in [0.4, 0.5) is 5.69 Å². The van der Waals surface area contributed by atoms with Crippen molar-refractivity contribution < 1.29 is 22.7 Å². The lowest BCUT2D eigenvalue weighted by Crippen LogP contribution is -2.40. The average Bonchev–Trinajstić information content (AvgIpc) is 2.61. The zero-order valence-electron chi connectivity index (χ0n) is 15.9. The highest BCUT2D eigenvalue weighted by atomic mass is 32.2. The molecule has 2 saturated carbocycles. The number of hydrogen-bond acceptors (Lipinski definition) is 5. The number of benzene rings is 1. The van der Waals surface area contributed by atoms with Gasteiger partial charge in [0.1, 0.15) is 11.5 Å². The Balaban J connectivity index is 1.82. The Bertz CT molecular complexity index is 834. The van der Waals surface area contributed by atoms with Crippen LogP contribution < -0.4 is 10.1 Å². The number of rotatable bonds is 5. The van der Waals surface area contributed by atoms with Crippen LogP contribution in [0.2, 0.25) is 0 Å². The molecule has 1 amide bonds. The third-order valence-electron chi connectivity index (χ3n) is 5.63. The molecule has 148 valence electrons. The molecule has 0 heterocycles. The van der Waals surface area contributed by atoms with Crippen LogP contribution in [-0.2, 0) is 19.6 Å². The van der Waals surface area contributed by atoms with E-state index in [1.54, 1.807) is 0 Å². The Hall–Kier alpha value is -1.93. The van der Waals surface area contributed by atoms with E-state index in [0.29, 0.717) is 30.1 Å². The molecular formula is C19H26N2O5S. The fourth-order valence-corrected chi connectivity index (χ4v) is 5.01. The molecule has 0 saturated heterocycles. The molecule has 0 aliphatic heterocycles. The molecule has 2 unspecified atom stereocenters. The molecule has 2 atom stereocenters. The number of carbonyl (C=O) groups excluding carboxylic acids is 2. The summed E-state index contributed by atoms with van der Waals surface area (Å²) in [7, 11) is 0.752. The van der Waals surface area contributed by atoms with Crippen molar-refractivity contribution in [1.29, 1.82) is 0 Å². The first-order valence-electron chi connectivity index (χ1n) is 9.19. The quantitative estimate of drug-likeness (QED) is 0.827. The van der Waals surface area contributed by atoms with Crippen molar-refractivity contribution in [2.24, 2.45) is 17.8 Å². The summed E-state index contributed by atoms with van der Waals surface area (Å²) < 4.78 is 31.1. The van der Waals surface area contributed by atoms with Gasteiger partial charge < -0.3 is 10.1 Å². The summed E-state index contributed by atoms with van der Waals surface area (Å²) in [5.74, 6) is 0.246. The van der Waals surface area contributed by atoms with Gasteiger partial charge in [0.25, 0.3) is 0 Å². The minimum Gasteiger partial charge on any atom is -0.495 e. The van der Waals surface area contributed by atoms with Crippen LogP contribution in [-0.4, -0.2) is 45.6 Å². The van der Waals surface area contributed by atoms with E-state index < -0.39 is 10.0 Å². The van der Waals surface area contributed by atoms with Gasteiger partial charge >= 0.3 is 0 Å². The summed E-state index contributed by atoms with van der Waals surface area (Å²) in [6.45, 7) is 0. The fourth-order valence-electron chi connectivity index (χ4n) is 4.08. The second-order valence-corrected chi connectivity index (χ2v) is 9.69. The number of hydrogen-bond donors (Lipinski definition) is 1. The van der Waals surface area contributed by atoms with Gasteiger partial charge in [0.05, 0.1) is 17.7 Å². The van der Waals surface area contributed by atoms with E-state index in [1.807, 2.05) is 0 Å². The van der Waals surface area contributed by atoms with Crippen LogP contribution in [0.25, 0.3) is 0 Å². The second-order valence-electron chi connectivity index (χ2n) is 7.53. The first-order chi connectivity index (χ1) is 12.7. The molecule has 1 aromatic carbocycles. The topological polar surface area (TPSA) is 92.8 Å². The maximum absolute atomic E-state index is 12.8. The first-order valence-corrected chi connectivity index (χ1v) is 10.6. The van der Waals surface area contributed by atoms with E-state index >= 15 is 0 Å². The molecule has 2 bridgehead atoms. The van der Waals surface area contributed by atoms with Gasteiger partial charge in [-0.05, 0) is 43.9 Å². The molecule has 1 aromatic rings. The van der Waals surface area contributed by atoms with Crippen molar-refractivity contribution in [3.63, 3.8) is 0 Å². The number of amides is 1. The number of nitrogens with one attached hydrogen (secondary N) is 1. The van der Waals surface area contributed by atoms with Crippen molar-refractivity contribution in [2.45, 2.75) is 37.0 Å². The van der Waals surface area contributed by atoms with Crippen LogP contribution >= 0.6 is 0 Å². The average molecular weight is 394 g/mol. The largest absolute Gasteiger partial charge is 0.495 e. The summed E-state index contributed by atoms with van der Waals surface area (Å²) in [6.07, 6.45) is 3.91. The number of anilines is 1. The Morgan fingerprint density at radius 3 is 2.37 bits per heavy atom. The van der Waals surface area contributed by atoms with E-state index in [0.717, 1.165) is 23.6 Å². The van der Waals surface area contributed by atoms with Crippen LogP contribution in [0.1, 0.15) is 32.1 Å². The Kier molecular flexibility index (Phi) is 5.58. The number of ketones is 1. The zero-order valence-corrected chi connectivity index (χ0v) is 16.7. The smallest absolute Gasteiger partial charge is 0.242 e. The van der Waals surface area contributed by atoms with Crippen LogP contribution in [0.15, 0.2) is 23.1 Å². The van der Waals surface area contributed by atoms with E-state index in [4.69, 9.17) is 4.74 Å². The Morgan fingerprint density at radius 2 is 1.81 bits per heavy atom. The molecule has 2 aliphatic carbocycles. The van der Waals surface area contributed by atoms with Crippen LogP contribution in [0.3, 0.4) is 0 Å². The highest BCUT2D eigenvalue weighted by Crippen LogP contribution is 2.40. The molecule has 0 radical (unpaired) electrons. The molecule has 0 aromatic heterocycles. The lowest BCUT2D eigenvalue weighted by molar-refractivity contribution is -0.136. The predicted octanol–water partition coefficient (Wildman–Crippen LogP) is 2.28. The van der Waals surface area contributed by atoms with Gasteiger partial charge in [-0.25, -0.2) is 12.7 Å². The zero-order chi connectivity index (χ0) is 19.8. The van der Waals surface area contributed by atoms with Gasteiger partial charge in [-0.3, -0.25) is 9.59 Å². The lowest BCUT2D eigenvalue weighted by atomic mass is 9.67. The van der Waals surface area contributed by atoms with Crippen LogP contribution in [0.5, 0.6) is 5.75 Å². The number of ether oxygens (including phenoxy) is 1. The lowest BCUT2D eigenvalue weighted by Gasteiger charge is -2.37. The normalized spacial score (nSPS) is 25.3. The number of carbonyl (C=O) groups is 2. The maximum atomic E-state index is 12.8. The van der Waals surface area contributed by atoms with Crippen LogP contribution in [0, 0.1) is 17.8 Å². The summed E-state index contributed by atoms with van der Waals surface area (Å²) in [5, 5.41) is 2.83. The summed E-state index contributed by atoms with van der Waals surface area (Å²) in [5.41, 5.74) is 0.326. The summed E-state index contributed by atoms with van der Waals surface area (Å²) in [4.78, 5) is 25.1. The Morgan fingerprint density at radius 1 is 1.19 bits per heavy atom. The van der Waals surface area contributed by atoms with E-state index in [1.165, 1.54) is 39.4 Å². The highest BCUT2D eigenvalue weighted by Gasteiger charge is 2.41. The number of nitrogens with zero attached hydrogens (tertiary/aromatic N) is 1. The maximum Gasteiger partial charge on any atom is 0.242 e. The molecule has 7 nitrogen and oxygen atoms in total. The number of Topliss-reactive ketones (excluding diaryl/α,β-unsaturated/α-hetero) is 1. The van der Waals surface area contributed by atoms with Gasteiger partial charge in [0.2, 0.25) is 15.9 Å². The molecule has 8 heteroatoms. The van der Waals surface area contributed by atoms with Crippen molar-refractivity contribution in [1.82, 2.24) is 4.31 Å². The number of sulfonamides is 1. The summed E-state index contributed by atoms with van der Waals surface area (Å²) >= 11 is 0. The van der Waals surface area contributed by atoms with E-state index in [2.05, 4.69) is 5.32 Å². The summed E-state index contributed by atoms with van der Waals surface area (Å²) in [6, 6.07) is 4.40. The second kappa shape index (κ2) is 7.59. The number of methoxy groups -OCH3 is 1. The van der Waals surface area contributed by atoms with Gasteiger partial charge in [-0.2, -0.15) is 0 Å². The van der Waals surface area contributed by atoms with E-state index in [-0.39, 0.29) is 28.6 Å². The van der Waals surface area contributed by atoms with Crippen molar-refractivity contribution in [2.75, 3.05) is 26.5 Å². The van der Waals surface area contributed by atoms with Crippen molar-refractivity contribution >= 4 is 27.4 Å². The van der Waals surface area contributed by atoms with Gasteiger partial charge in [-0.1, -0.05) is 6.42 Å². The monoisotopic (exact) mass is 394 g/mol. The molecule has 3 rings (SSSR count). The minimum atomic E-state index is -3.62. The van der Waals surface area contributed by atoms with Gasteiger partial charge in [-0.15, -0.1) is 0 Å². The van der Waals surface area contributed by atoms with Gasteiger partial charge in [0, 0.05) is 31.8 Å². The SMILES string of the molecule is COc1ccc(S(=O)(=O)N(C)C)cc1NC(=O)C1CC2CCCC(C1)C2=O. The molecular weight excluding hydrogens is 368 g/mol. The molecule has 2 fully saturated rings.